The number of anilines is 1. The lowest BCUT2D eigenvalue weighted by Crippen LogP contribution is -2.20. The molecule has 0 aliphatic heterocycles. The number of aryl methyl sites for hydroxylation is 1. The summed E-state index contributed by atoms with van der Waals surface area (Å²) < 4.78 is 7.63. The van der Waals surface area contributed by atoms with Crippen LogP contribution in [-0.4, -0.2) is 21.6 Å². The number of nitrogens with zero attached hydrogens (tertiary/aromatic N) is 3. The second kappa shape index (κ2) is 5.53. The Kier molecular flexibility index (Phi) is 3.97. The topological polar surface area (TPSA) is 66.0 Å². The highest BCUT2D eigenvalue weighted by atomic mass is 16.5. The summed E-state index contributed by atoms with van der Waals surface area (Å²) in [4.78, 5) is 0. The van der Waals surface area contributed by atoms with Crippen LogP contribution in [0.5, 0.6) is 5.75 Å². The Balaban J connectivity index is 1.96. The number of rotatable bonds is 4. The van der Waals surface area contributed by atoms with Crippen LogP contribution in [0, 0.1) is 6.92 Å². The van der Waals surface area contributed by atoms with E-state index in [2.05, 4.69) is 31.1 Å². The fraction of sp³-hybridized carbons (Fsp3) is 0.467. The molecule has 0 bridgehead atoms. The van der Waals surface area contributed by atoms with Crippen LogP contribution in [0.4, 0.5) is 5.69 Å². The molecule has 1 heterocycles. The van der Waals surface area contributed by atoms with E-state index in [1.165, 1.54) is 0 Å². The molecule has 1 aromatic heterocycles. The summed E-state index contributed by atoms with van der Waals surface area (Å²) in [7, 11) is 0. The molecule has 0 amide bonds. The zero-order chi connectivity index (χ0) is 14.8. The highest BCUT2D eigenvalue weighted by molar-refractivity contribution is 5.49. The molecule has 2 N–H and O–H groups in total. The van der Waals surface area contributed by atoms with Gasteiger partial charge in [-0.1, -0.05) is 26.0 Å². The summed E-state index contributed by atoms with van der Waals surface area (Å²) in [5.74, 6) is 0.828. The van der Waals surface area contributed by atoms with E-state index in [-0.39, 0.29) is 5.41 Å². The van der Waals surface area contributed by atoms with Gasteiger partial charge in [-0.15, -0.1) is 5.10 Å². The van der Waals surface area contributed by atoms with Crippen LogP contribution in [0.1, 0.15) is 32.0 Å². The molecular weight excluding hydrogens is 252 g/mol. The third kappa shape index (κ3) is 3.29. The molecule has 2 aromatic rings. The lowest BCUT2D eigenvalue weighted by atomic mass is 9.93. The molecule has 0 saturated heterocycles. The number of hydrogen-bond acceptors (Lipinski definition) is 4. The summed E-state index contributed by atoms with van der Waals surface area (Å²) in [6.07, 6.45) is 1.81. The molecule has 0 spiro atoms. The molecule has 0 radical (unpaired) electrons. The zero-order valence-electron chi connectivity index (χ0n) is 12.6. The second-order valence-corrected chi connectivity index (χ2v) is 5.96. The molecule has 0 aliphatic carbocycles. The van der Waals surface area contributed by atoms with Gasteiger partial charge in [0.25, 0.3) is 0 Å². The highest BCUT2D eigenvalue weighted by Crippen LogP contribution is 2.21. The third-order valence-electron chi connectivity index (χ3n) is 3.20. The predicted molar refractivity (Wildman–Crippen MR) is 79.8 cm³/mol. The quantitative estimate of drug-likeness (QED) is 0.870. The normalized spacial score (nSPS) is 11.6. The zero-order valence-corrected chi connectivity index (χ0v) is 12.6. The lowest BCUT2D eigenvalue weighted by Gasteiger charge is -2.19. The lowest BCUT2D eigenvalue weighted by molar-refractivity contribution is 0.283. The van der Waals surface area contributed by atoms with Crippen molar-refractivity contribution in [2.75, 3.05) is 12.3 Å². The first kappa shape index (κ1) is 14.4. The molecule has 1 aromatic carbocycles. The van der Waals surface area contributed by atoms with E-state index in [9.17, 15) is 0 Å². The summed E-state index contributed by atoms with van der Waals surface area (Å²) in [6.45, 7) is 9.63. The van der Waals surface area contributed by atoms with Gasteiger partial charge in [0.1, 0.15) is 12.4 Å². The summed E-state index contributed by atoms with van der Waals surface area (Å²) in [5, 5.41) is 8.09. The molecule has 0 fully saturated rings. The number of hydrogen-bond donors (Lipinski definition) is 1. The first-order chi connectivity index (χ1) is 9.38. The predicted octanol–water partition coefficient (Wildman–Crippen LogP) is 2.55. The van der Waals surface area contributed by atoms with Gasteiger partial charge < -0.3 is 10.5 Å². The molecule has 20 heavy (non-hydrogen) atoms. The minimum atomic E-state index is 0.0291. The molecule has 0 atom stereocenters. The van der Waals surface area contributed by atoms with Crippen LogP contribution in [-0.2, 0) is 12.0 Å². The van der Waals surface area contributed by atoms with Gasteiger partial charge in [-0.2, -0.15) is 0 Å². The molecule has 108 valence electrons. The van der Waals surface area contributed by atoms with Crippen molar-refractivity contribution in [3.05, 3.63) is 35.7 Å². The molecule has 0 unspecified atom stereocenters. The van der Waals surface area contributed by atoms with Crippen LogP contribution in [0.25, 0.3) is 0 Å². The monoisotopic (exact) mass is 274 g/mol. The van der Waals surface area contributed by atoms with E-state index in [4.69, 9.17) is 10.5 Å². The molecule has 0 aliphatic rings. The Morgan fingerprint density at radius 3 is 2.70 bits per heavy atom. The third-order valence-corrected chi connectivity index (χ3v) is 3.20. The van der Waals surface area contributed by atoms with Crippen molar-refractivity contribution in [3.63, 3.8) is 0 Å². The Morgan fingerprint density at radius 1 is 1.30 bits per heavy atom. The number of ether oxygens (including phenoxy) is 1. The Labute approximate surface area is 119 Å². The average Bonchev–Trinajstić information content (AvgIpc) is 2.82. The van der Waals surface area contributed by atoms with E-state index < -0.39 is 0 Å². The standard InChI is InChI=1S/C15H22N4O/c1-11-9-12(5-6-13(11)16)20-8-7-19-14(10-17-18-19)15(2,3)4/h5-6,9-10H,7-8,16H2,1-4H3. The van der Waals surface area contributed by atoms with E-state index in [0.29, 0.717) is 13.2 Å². The SMILES string of the molecule is Cc1cc(OCCn2nncc2C(C)(C)C)ccc1N. The van der Waals surface area contributed by atoms with E-state index in [1.54, 1.807) is 0 Å². The van der Waals surface area contributed by atoms with Crippen molar-refractivity contribution in [1.29, 1.82) is 0 Å². The van der Waals surface area contributed by atoms with Crippen molar-refractivity contribution in [1.82, 2.24) is 15.0 Å². The first-order valence-corrected chi connectivity index (χ1v) is 6.76. The van der Waals surface area contributed by atoms with E-state index in [1.807, 2.05) is 36.0 Å². The van der Waals surface area contributed by atoms with Crippen molar-refractivity contribution >= 4 is 5.69 Å². The van der Waals surface area contributed by atoms with E-state index >= 15 is 0 Å². The van der Waals surface area contributed by atoms with Crippen LogP contribution in [0.15, 0.2) is 24.4 Å². The maximum atomic E-state index is 5.78. The average molecular weight is 274 g/mol. The van der Waals surface area contributed by atoms with Crippen molar-refractivity contribution in [2.45, 2.75) is 39.7 Å². The van der Waals surface area contributed by atoms with Crippen LogP contribution < -0.4 is 10.5 Å². The fourth-order valence-corrected chi connectivity index (χ4v) is 1.99. The van der Waals surface area contributed by atoms with Crippen molar-refractivity contribution in [3.8, 4) is 5.75 Å². The van der Waals surface area contributed by atoms with Gasteiger partial charge in [-0.05, 0) is 30.7 Å². The molecule has 0 saturated carbocycles. The van der Waals surface area contributed by atoms with Crippen molar-refractivity contribution in [2.24, 2.45) is 0 Å². The Morgan fingerprint density at radius 2 is 2.05 bits per heavy atom. The number of nitrogens with two attached hydrogens (primary N) is 1. The smallest absolute Gasteiger partial charge is 0.119 e. The van der Waals surface area contributed by atoms with Gasteiger partial charge in [0.05, 0.1) is 18.4 Å². The largest absolute Gasteiger partial charge is 0.492 e. The minimum Gasteiger partial charge on any atom is -0.492 e. The molecule has 5 heteroatoms. The first-order valence-electron chi connectivity index (χ1n) is 6.76. The second-order valence-electron chi connectivity index (χ2n) is 5.96. The maximum absolute atomic E-state index is 5.78. The van der Waals surface area contributed by atoms with Gasteiger partial charge in [0.15, 0.2) is 0 Å². The summed E-state index contributed by atoms with van der Waals surface area (Å²) in [5.41, 5.74) is 8.73. The maximum Gasteiger partial charge on any atom is 0.119 e. The number of benzene rings is 1. The van der Waals surface area contributed by atoms with Gasteiger partial charge in [-0.25, -0.2) is 4.68 Å². The highest BCUT2D eigenvalue weighted by Gasteiger charge is 2.19. The Bertz CT molecular complexity index is 584. The van der Waals surface area contributed by atoms with Crippen LogP contribution in [0.3, 0.4) is 0 Å². The number of nitrogen functional groups attached to an aromatic ring is 1. The number of aromatic nitrogens is 3. The van der Waals surface area contributed by atoms with Crippen LogP contribution in [0.2, 0.25) is 0 Å². The van der Waals surface area contributed by atoms with Gasteiger partial charge in [0.2, 0.25) is 0 Å². The van der Waals surface area contributed by atoms with Crippen molar-refractivity contribution < 1.29 is 4.74 Å². The fourth-order valence-electron chi connectivity index (χ4n) is 1.99. The summed E-state index contributed by atoms with van der Waals surface area (Å²) in [6, 6.07) is 5.69. The minimum absolute atomic E-state index is 0.0291. The molecule has 5 nitrogen and oxygen atoms in total. The van der Waals surface area contributed by atoms with Crippen LogP contribution >= 0.6 is 0 Å². The van der Waals surface area contributed by atoms with E-state index in [0.717, 1.165) is 22.7 Å². The van der Waals surface area contributed by atoms with Gasteiger partial charge in [-0.3, -0.25) is 0 Å². The van der Waals surface area contributed by atoms with Gasteiger partial charge in [0, 0.05) is 11.1 Å². The molecule has 2 rings (SSSR count). The molecular formula is C15H22N4O. The Hall–Kier alpha value is -2.04. The van der Waals surface area contributed by atoms with Gasteiger partial charge >= 0.3 is 0 Å². The summed E-state index contributed by atoms with van der Waals surface area (Å²) >= 11 is 0.